The lowest BCUT2D eigenvalue weighted by Gasteiger charge is -2.26. The number of anilines is 1. The van der Waals surface area contributed by atoms with Crippen molar-refractivity contribution in [1.29, 1.82) is 0 Å². The zero-order valence-corrected chi connectivity index (χ0v) is 19.2. The van der Waals surface area contributed by atoms with Gasteiger partial charge in [-0.2, -0.15) is 0 Å². The molecule has 3 N–H and O–H groups in total. The Morgan fingerprint density at radius 3 is 2.91 bits per heavy atom. The van der Waals surface area contributed by atoms with E-state index in [1.54, 1.807) is 23.9 Å². The van der Waals surface area contributed by atoms with Gasteiger partial charge in [-0.1, -0.05) is 11.1 Å². The third-order valence-electron chi connectivity index (χ3n) is 5.97. The maximum Gasteiger partial charge on any atom is 0.278 e. The summed E-state index contributed by atoms with van der Waals surface area (Å²) in [6, 6.07) is 5.28. The van der Waals surface area contributed by atoms with Gasteiger partial charge in [-0.15, -0.1) is 0 Å². The first kappa shape index (κ1) is 23.1. The van der Waals surface area contributed by atoms with Crippen LogP contribution in [0.25, 0.3) is 16.7 Å². The van der Waals surface area contributed by atoms with E-state index in [0.29, 0.717) is 68.4 Å². The van der Waals surface area contributed by atoms with E-state index in [1.807, 2.05) is 19.1 Å². The van der Waals surface area contributed by atoms with Crippen LogP contribution in [0.3, 0.4) is 0 Å². The molecule has 1 aliphatic rings. The van der Waals surface area contributed by atoms with E-state index in [-0.39, 0.29) is 17.0 Å². The fraction of sp³-hybridized carbons (Fsp3) is 0.478. The number of fused-ring (bicyclic) bond motifs is 2. The highest BCUT2D eigenvalue weighted by Gasteiger charge is 2.25. The number of hydrogen-bond acceptors (Lipinski definition) is 7. The molecule has 0 spiro atoms. The van der Waals surface area contributed by atoms with Gasteiger partial charge in [-0.25, -0.2) is 4.57 Å². The van der Waals surface area contributed by atoms with Gasteiger partial charge >= 0.3 is 0 Å². The number of morpholine rings is 1. The predicted octanol–water partition coefficient (Wildman–Crippen LogP) is 0.124. The highest BCUT2D eigenvalue weighted by Crippen LogP contribution is 2.16. The number of carbonyl (C=O) groups is 1. The minimum Gasteiger partial charge on any atom is -0.385 e. The zero-order chi connectivity index (χ0) is 23.4. The Hall–Kier alpha value is -3.08. The molecule has 1 saturated heterocycles. The van der Waals surface area contributed by atoms with Gasteiger partial charge < -0.3 is 20.5 Å². The number of aryl methyl sites for hydroxylation is 1. The molecule has 0 aliphatic carbocycles. The Labute approximate surface area is 191 Å². The van der Waals surface area contributed by atoms with Gasteiger partial charge in [0.1, 0.15) is 10.9 Å². The number of carbonyl (C=O) groups excluding carboxylic acids is 1. The minimum atomic E-state index is -0.320. The smallest absolute Gasteiger partial charge is 0.278 e. The minimum absolute atomic E-state index is 0.229. The van der Waals surface area contributed by atoms with Crippen molar-refractivity contribution in [3.05, 3.63) is 45.9 Å². The molecule has 176 valence electrons. The van der Waals surface area contributed by atoms with Crippen molar-refractivity contribution in [3.63, 3.8) is 0 Å². The third-order valence-corrected chi connectivity index (χ3v) is 5.97. The van der Waals surface area contributed by atoms with Gasteiger partial charge in [0.15, 0.2) is 0 Å². The first-order chi connectivity index (χ1) is 16.0. The summed E-state index contributed by atoms with van der Waals surface area (Å²) in [7, 11) is 1.62. The van der Waals surface area contributed by atoms with Crippen LogP contribution in [0.1, 0.15) is 22.3 Å². The van der Waals surface area contributed by atoms with Gasteiger partial charge in [0, 0.05) is 51.7 Å². The summed E-state index contributed by atoms with van der Waals surface area (Å²) in [6.45, 7) is 7.16. The molecule has 3 aromatic heterocycles. The standard InChI is InChI=1S/C23H30N6O4/c1-16-5-3-7-29-20(16)26-21-18(23(29)31)15-17(22(30)25-6-4-12-32-2)19(24)28(21)9-8-27-10-13-33-14-11-27/h3,5,7,15,24H,4,6,8-14H2,1-2H3,(H,25,30)/p+1. The van der Waals surface area contributed by atoms with E-state index in [2.05, 4.69) is 10.2 Å². The van der Waals surface area contributed by atoms with Crippen LogP contribution < -0.4 is 21.2 Å². The van der Waals surface area contributed by atoms with Gasteiger partial charge in [0.05, 0.1) is 19.8 Å². The van der Waals surface area contributed by atoms with Crippen LogP contribution in [-0.4, -0.2) is 73.3 Å². The van der Waals surface area contributed by atoms with Crippen molar-refractivity contribution in [1.82, 2.24) is 19.6 Å². The van der Waals surface area contributed by atoms with Crippen LogP contribution >= 0.6 is 0 Å². The lowest BCUT2D eigenvalue weighted by atomic mass is 10.1. The number of nitrogens with two attached hydrogens (primary N) is 1. The third kappa shape index (κ3) is 4.82. The van der Waals surface area contributed by atoms with Crippen molar-refractivity contribution in [2.75, 3.05) is 58.8 Å². The number of ether oxygens (including phenoxy) is 2. The van der Waals surface area contributed by atoms with Crippen LogP contribution in [0.15, 0.2) is 29.2 Å². The quantitative estimate of drug-likeness (QED) is 0.282. The summed E-state index contributed by atoms with van der Waals surface area (Å²) in [5, 5.41) is 3.23. The molecule has 0 unspecified atom stereocenters. The van der Waals surface area contributed by atoms with Gasteiger partial charge in [0.25, 0.3) is 17.1 Å². The molecule has 0 saturated carbocycles. The molecule has 1 amide bonds. The monoisotopic (exact) mass is 455 g/mol. The summed E-state index contributed by atoms with van der Waals surface area (Å²) in [5.41, 5.74) is 8.50. The van der Waals surface area contributed by atoms with Gasteiger partial charge in [0.2, 0.25) is 11.5 Å². The normalized spacial score (nSPS) is 14.7. The summed E-state index contributed by atoms with van der Waals surface area (Å²) >= 11 is 0. The summed E-state index contributed by atoms with van der Waals surface area (Å²) in [4.78, 5) is 33.4. The van der Waals surface area contributed by atoms with Crippen LogP contribution in [0.4, 0.5) is 5.82 Å². The molecule has 10 nitrogen and oxygen atoms in total. The second-order valence-corrected chi connectivity index (χ2v) is 8.19. The molecule has 0 bridgehead atoms. The molecule has 0 aromatic carbocycles. The summed E-state index contributed by atoms with van der Waals surface area (Å²) < 4.78 is 13.8. The number of pyridine rings is 2. The number of methoxy groups -OCH3 is 1. The molecule has 33 heavy (non-hydrogen) atoms. The molecule has 1 fully saturated rings. The molecule has 1 aliphatic heterocycles. The molecular formula is C23H31N6O4+. The number of nitrogen functional groups attached to an aromatic ring is 1. The Morgan fingerprint density at radius 2 is 2.15 bits per heavy atom. The van der Waals surface area contributed by atoms with E-state index in [9.17, 15) is 9.59 Å². The fourth-order valence-electron chi connectivity index (χ4n) is 4.10. The van der Waals surface area contributed by atoms with E-state index in [4.69, 9.17) is 20.2 Å². The van der Waals surface area contributed by atoms with Crippen molar-refractivity contribution < 1.29 is 18.8 Å². The first-order valence-electron chi connectivity index (χ1n) is 11.2. The highest BCUT2D eigenvalue weighted by atomic mass is 16.5. The number of hydrogen-bond donors (Lipinski definition) is 2. The number of aromatic nitrogens is 3. The molecule has 4 rings (SSSR count). The van der Waals surface area contributed by atoms with E-state index in [1.165, 1.54) is 4.40 Å². The Kier molecular flexibility index (Phi) is 7.17. The van der Waals surface area contributed by atoms with Gasteiger partial charge in [-0.05, 0) is 25.5 Å². The molecule has 0 radical (unpaired) electrons. The van der Waals surface area contributed by atoms with Crippen molar-refractivity contribution in [2.45, 2.75) is 19.9 Å². The first-order valence-corrected chi connectivity index (χ1v) is 11.2. The number of rotatable bonds is 8. The predicted molar refractivity (Wildman–Crippen MR) is 124 cm³/mol. The van der Waals surface area contributed by atoms with Crippen molar-refractivity contribution >= 4 is 28.4 Å². The van der Waals surface area contributed by atoms with Gasteiger partial charge in [-0.3, -0.25) is 18.9 Å². The molecule has 10 heteroatoms. The van der Waals surface area contributed by atoms with Crippen LogP contribution in [0.5, 0.6) is 0 Å². The lowest BCUT2D eigenvalue weighted by molar-refractivity contribution is -0.658. The number of nitrogens with one attached hydrogen (secondary N) is 1. The second-order valence-electron chi connectivity index (χ2n) is 8.19. The molecule has 0 atom stereocenters. The average Bonchev–Trinajstić information content (AvgIpc) is 2.82. The Morgan fingerprint density at radius 1 is 1.36 bits per heavy atom. The number of amides is 1. The second kappa shape index (κ2) is 10.2. The molecule has 4 heterocycles. The van der Waals surface area contributed by atoms with Crippen LogP contribution in [0.2, 0.25) is 0 Å². The fourth-order valence-corrected chi connectivity index (χ4v) is 4.10. The highest BCUT2D eigenvalue weighted by molar-refractivity contribution is 6.00. The van der Waals surface area contributed by atoms with E-state index in [0.717, 1.165) is 18.7 Å². The largest absolute Gasteiger partial charge is 0.385 e. The molecule has 3 aromatic rings. The number of nitrogens with zero attached hydrogens (tertiary/aromatic N) is 4. The topological polar surface area (TPSA) is 115 Å². The maximum absolute atomic E-state index is 13.4. The van der Waals surface area contributed by atoms with E-state index < -0.39 is 0 Å². The lowest BCUT2D eigenvalue weighted by Crippen LogP contribution is -2.48. The van der Waals surface area contributed by atoms with Crippen LogP contribution in [-0.2, 0) is 16.0 Å². The van der Waals surface area contributed by atoms with Crippen LogP contribution in [0, 0.1) is 6.92 Å². The average molecular weight is 456 g/mol. The van der Waals surface area contributed by atoms with Crippen molar-refractivity contribution in [2.24, 2.45) is 0 Å². The van der Waals surface area contributed by atoms with Crippen molar-refractivity contribution in [3.8, 4) is 0 Å². The Bertz CT molecular complexity index is 1220. The zero-order valence-electron chi connectivity index (χ0n) is 19.2. The Balaban J connectivity index is 1.80. The summed E-state index contributed by atoms with van der Waals surface area (Å²) in [5.74, 6) is -0.0239. The summed E-state index contributed by atoms with van der Waals surface area (Å²) in [6.07, 6.45) is 2.37. The maximum atomic E-state index is 13.4. The molecular weight excluding hydrogens is 424 g/mol. The SMILES string of the molecule is COCCCNC(=O)c1cc2c(=O)n3cccc(C)c3nc2[n+](CCN2CCOCC2)c1N. The van der Waals surface area contributed by atoms with E-state index >= 15 is 0 Å².